The predicted molar refractivity (Wildman–Crippen MR) is 107 cm³/mol. The zero-order chi connectivity index (χ0) is 20.1. The number of hydrogen-bond donors (Lipinski definition) is 1. The van der Waals surface area contributed by atoms with Gasteiger partial charge in [0.1, 0.15) is 22.9 Å². The topological polar surface area (TPSA) is 64.7 Å². The van der Waals surface area contributed by atoms with Crippen molar-refractivity contribution >= 4 is 0 Å². The summed E-state index contributed by atoms with van der Waals surface area (Å²) in [7, 11) is 1.64. The van der Waals surface area contributed by atoms with Gasteiger partial charge in [-0.3, -0.25) is 0 Å². The van der Waals surface area contributed by atoms with Crippen molar-refractivity contribution in [2.24, 2.45) is 0 Å². The lowest BCUT2D eigenvalue weighted by atomic mass is 9.85. The Balaban J connectivity index is 1.68. The molecule has 1 aliphatic heterocycles. The Morgan fingerprint density at radius 3 is 2.46 bits per heavy atom. The van der Waals surface area contributed by atoms with Crippen LogP contribution >= 0.6 is 0 Å². The zero-order valence-electron chi connectivity index (χ0n) is 16.9. The Morgan fingerprint density at radius 2 is 1.79 bits per heavy atom. The number of aromatic nitrogens is 1. The van der Waals surface area contributed by atoms with Crippen LogP contribution in [0.25, 0.3) is 11.3 Å². The van der Waals surface area contributed by atoms with Crippen molar-refractivity contribution in [3.63, 3.8) is 0 Å². The third-order valence-electron chi connectivity index (χ3n) is 5.95. The summed E-state index contributed by atoms with van der Waals surface area (Å²) in [4.78, 5) is 0. The molecule has 1 unspecified atom stereocenters. The fourth-order valence-electron chi connectivity index (χ4n) is 3.84. The van der Waals surface area contributed by atoms with Crippen molar-refractivity contribution in [1.29, 1.82) is 0 Å². The lowest BCUT2D eigenvalue weighted by molar-refractivity contribution is 0.0535. The number of rotatable bonds is 3. The molecule has 1 aliphatic rings. The molecule has 1 atom stereocenters. The Morgan fingerprint density at radius 1 is 1.07 bits per heavy atom. The molecule has 2 aromatic carbocycles. The first-order valence-electron chi connectivity index (χ1n) is 9.46. The van der Waals surface area contributed by atoms with E-state index in [0.717, 1.165) is 57.9 Å². The fourth-order valence-corrected chi connectivity index (χ4v) is 3.84. The molecule has 0 fully saturated rings. The van der Waals surface area contributed by atoms with E-state index in [9.17, 15) is 5.11 Å². The van der Waals surface area contributed by atoms with E-state index in [1.807, 2.05) is 58.0 Å². The van der Waals surface area contributed by atoms with E-state index in [1.54, 1.807) is 7.11 Å². The summed E-state index contributed by atoms with van der Waals surface area (Å²) in [6, 6.07) is 9.63. The van der Waals surface area contributed by atoms with Gasteiger partial charge >= 0.3 is 0 Å². The maximum atomic E-state index is 10.4. The molecule has 0 saturated carbocycles. The molecule has 0 aliphatic carbocycles. The third kappa shape index (κ3) is 2.82. The Labute approximate surface area is 164 Å². The molecule has 5 heteroatoms. The maximum Gasteiger partial charge on any atom is 0.167 e. The number of ether oxygens (including phenoxy) is 2. The zero-order valence-corrected chi connectivity index (χ0v) is 16.9. The highest BCUT2D eigenvalue weighted by atomic mass is 16.5. The van der Waals surface area contributed by atoms with Crippen LogP contribution < -0.4 is 9.47 Å². The van der Waals surface area contributed by atoms with Gasteiger partial charge in [-0.05, 0) is 81.5 Å². The number of nitrogens with zero attached hydrogens (tertiary/aromatic N) is 1. The van der Waals surface area contributed by atoms with Crippen LogP contribution in [0.4, 0.5) is 0 Å². The van der Waals surface area contributed by atoms with Crippen molar-refractivity contribution < 1.29 is 19.1 Å². The van der Waals surface area contributed by atoms with Gasteiger partial charge in [0.15, 0.2) is 11.4 Å². The minimum absolute atomic E-state index is 0.367. The smallest absolute Gasteiger partial charge is 0.167 e. The van der Waals surface area contributed by atoms with Crippen LogP contribution in [-0.2, 0) is 12.0 Å². The summed E-state index contributed by atoms with van der Waals surface area (Å²) in [5, 5.41) is 14.7. The minimum Gasteiger partial charge on any atom is -0.507 e. The third-order valence-corrected chi connectivity index (χ3v) is 5.95. The van der Waals surface area contributed by atoms with Crippen LogP contribution in [-0.4, -0.2) is 17.4 Å². The standard InChI is InChI=1S/C23H25NO4/c1-13-14(2)22-18(15(3)21(13)25)10-11-23(4,27-22)20-12-19(28-24-20)16-6-8-17(26-5)9-7-16/h6-9,12,25H,10-11H2,1-5H3. The molecule has 0 bridgehead atoms. The summed E-state index contributed by atoms with van der Waals surface area (Å²) >= 11 is 0. The van der Waals surface area contributed by atoms with E-state index >= 15 is 0 Å². The Bertz CT molecular complexity index is 1040. The first-order valence-corrected chi connectivity index (χ1v) is 9.46. The fraction of sp³-hybridized carbons (Fsp3) is 0.348. The monoisotopic (exact) mass is 379 g/mol. The summed E-state index contributed by atoms with van der Waals surface area (Å²) in [6.45, 7) is 7.91. The highest BCUT2D eigenvalue weighted by Crippen LogP contribution is 2.46. The molecular formula is C23H25NO4. The molecule has 5 nitrogen and oxygen atoms in total. The van der Waals surface area contributed by atoms with Gasteiger partial charge in [0.2, 0.25) is 0 Å². The number of methoxy groups -OCH3 is 1. The number of phenols is 1. The van der Waals surface area contributed by atoms with Crippen molar-refractivity contribution in [2.45, 2.75) is 46.1 Å². The number of aromatic hydroxyl groups is 1. The number of fused-ring (bicyclic) bond motifs is 1. The number of phenolic OH excluding ortho intramolecular Hbond substituents is 1. The first kappa shape index (κ1) is 18.4. The summed E-state index contributed by atoms with van der Waals surface area (Å²) in [5.41, 5.74) is 4.94. The summed E-state index contributed by atoms with van der Waals surface area (Å²) in [6.07, 6.45) is 1.58. The van der Waals surface area contributed by atoms with Crippen molar-refractivity contribution in [3.05, 3.63) is 58.3 Å². The van der Waals surface area contributed by atoms with Crippen LogP contribution in [0.2, 0.25) is 0 Å². The first-order chi connectivity index (χ1) is 13.3. The lowest BCUT2D eigenvalue weighted by Crippen LogP contribution is -2.34. The van der Waals surface area contributed by atoms with Crippen LogP contribution in [0.5, 0.6) is 17.2 Å². The molecule has 4 rings (SSSR count). The molecule has 146 valence electrons. The van der Waals surface area contributed by atoms with Gasteiger partial charge in [0.25, 0.3) is 0 Å². The number of benzene rings is 2. The molecule has 0 amide bonds. The molecule has 0 saturated heterocycles. The van der Waals surface area contributed by atoms with E-state index in [-0.39, 0.29) is 0 Å². The normalized spacial score (nSPS) is 18.5. The van der Waals surface area contributed by atoms with Crippen molar-refractivity contribution in [2.75, 3.05) is 7.11 Å². The Hall–Kier alpha value is -2.95. The van der Waals surface area contributed by atoms with Gasteiger partial charge < -0.3 is 19.1 Å². The maximum absolute atomic E-state index is 10.4. The SMILES string of the molecule is COc1ccc(-c2cc(C3(C)CCc4c(C)c(O)c(C)c(C)c4O3)no2)cc1. The van der Waals surface area contributed by atoms with Crippen LogP contribution in [0.1, 0.15) is 41.3 Å². The van der Waals surface area contributed by atoms with E-state index in [1.165, 1.54) is 0 Å². The van der Waals surface area contributed by atoms with Gasteiger partial charge in [-0.1, -0.05) is 5.16 Å². The molecule has 0 spiro atoms. The van der Waals surface area contributed by atoms with E-state index < -0.39 is 5.60 Å². The van der Waals surface area contributed by atoms with Gasteiger partial charge in [0, 0.05) is 17.2 Å². The van der Waals surface area contributed by atoms with E-state index in [4.69, 9.17) is 14.0 Å². The molecule has 1 aromatic heterocycles. The average molecular weight is 379 g/mol. The lowest BCUT2D eigenvalue weighted by Gasteiger charge is -2.36. The number of hydrogen-bond acceptors (Lipinski definition) is 5. The van der Waals surface area contributed by atoms with Crippen molar-refractivity contribution in [1.82, 2.24) is 5.16 Å². The molecule has 28 heavy (non-hydrogen) atoms. The van der Waals surface area contributed by atoms with E-state index in [0.29, 0.717) is 11.5 Å². The Kier molecular flexibility index (Phi) is 4.33. The summed E-state index contributed by atoms with van der Waals surface area (Å²) in [5.74, 6) is 2.72. The minimum atomic E-state index is -0.582. The predicted octanol–water partition coefficient (Wildman–Crippen LogP) is 5.22. The second-order valence-electron chi connectivity index (χ2n) is 7.67. The second kappa shape index (κ2) is 6.59. The largest absolute Gasteiger partial charge is 0.507 e. The van der Waals surface area contributed by atoms with Gasteiger partial charge in [-0.15, -0.1) is 0 Å². The molecule has 3 aromatic rings. The molecular weight excluding hydrogens is 354 g/mol. The van der Waals surface area contributed by atoms with E-state index in [2.05, 4.69) is 5.16 Å². The van der Waals surface area contributed by atoms with Crippen LogP contribution in [0, 0.1) is 20.8 Å². The highest BCUT2D eigenvalue weighted by Gasteiger charge is 2.38. The molecule has 2 heterocycles. The summed E-state index contributed by atoms with van der Waals surface area (Å²) < 4.78 is 17.3. The van der Waals surface area contributed by atoms with Crippen molar-refractivity contribution in [3.8, 4) is 28.6 Å². The quantitative estimate of drug-likeness (QED) is 0.676. The molecule has 1 N–H and O–H groups in total. The van der Waals surface area contributed by atoms with Crippen LogP contribution in [0.15, 0.2) is 34.9 Å². The second-order valence-corrected chi connectivity index (χ2v) is 7.67. The van der Waals surface area contributed by atoms with Gasteiger partial charge in [-0.2, -0.15) is 0 Å². The van der Waals surface area contributed by atoms with Gasteiger partial charge in [0.05, 0.1) is 7.11 Å². The highest BCUT2D eigenvalue weighted by molar-refractivity contribution is 5.60. The van der Waals surface area contributed by atoms with Gasteiger partial charge in [-0.25, -0.2) is 0 Å². The molecule has 0 radical (unpaired) electrons. The van der Waals surface area contributed by atoms with Crippen LogP contribution in [0.3, 0.4) is 0 Å². The average Bonchev–Trinajstić information content (AvgIpc) is 3.22.